The molecule has 0 aliphatic carbocycles. The highest BCUT2D eigenvalue weighted by Crippen LogP contribution is 2.44. The largest absolute Gasteiger partial charge is 0.309 e. The minimum atomic E-state index is 0.569. The summed E-state index contributed by atoms with van der Waals surface area (Å²) in [6.45, 7) is 0. The first-order valence-corrected chi connectivity index (χ1v) is 23.7. The first-order valence-electron chi connectivity index (χ1n) is 23.7. The Bertz CT molecular complexity index is 4510. The summed E-state index contributed by atoms with van der Waals surface area (Å²) < 4.78 is 9.56. The lowest BCUT2D eigenvalue weighted by atomic mass is 10.1. The van der Waals surface area contributed by atoms with Crippen LogP contribution in [0.25, 0.3) is 133 Å². The van der Waals surface area contributed by atoms with Gasteiger partial charge in [-0.1, -0.05) is 164 Å². The maximum absolute atomic E-state index is 5.24. The summed E-state index contributed by atoms with van der Waals surface area (Å²) in [7, 11) is 0. The zero-order chi connectivity index (χ0) is 45.9. The monoisotopic (exact) mass is 893 g/mol. The van der Waals surface area contributed by atoms with Crippen molar-refractivity contribution in [2.75, 3.05) is 0 Å². The summed E-state index contributed by atoms with van der Waals surface area (Å²) in [5.41, 5.74) is 14.2. The summed E-state index contributed by atoms with van der Waals surface area (Å²) in [5, 5.41) is 9.46. The SMILES string of the molecule is c1ccc(-c2nc(-c3ccccc3)nc(-n3c4ccccc4c4cc5c(cc43)c3ccc(-n4c6ccccc6c6c4ccc4c7ccccc7n(-c7ccccc7)c46)cc3n5-c3ccccc3)n2)cc1. The highest BCUT2D eigenvalue weighted by Gasteiger charge is 2.24. The average molecular weight is 894 g/mol. The molecule has 0 atom stereocenters. The third kappa shape index (κ3) is 5.60. The van der Waals surface area contributed by atoms with Gasteiger partial charge >= 0.3 is 0 Å². The molecule has 70 heavy (non-hydrogen) atoms. The summed E-state index contributed by atoms with van der Waals surface area (Å²) >= 11 is 0. The quantitative estimate of drug-likeness (QED) is 0.167. The van der Waals surface area contributed by atoms with Crippen LogP contribution in [0.3, 0.4) is 0 Å². The van der Waals surface area contributed by atoms with Gasteiger partial charge in [0.25, 0.3) is 0 Å². The van der Waals surface area contributed by atoms with Gasteiger partial charge in [-0.2, -0.15) is 9.97 Å². The first kappa shape index (κ1) is 38.5. The number of hydrogen-bond donors (Lipinski definition) is 0. The fraction of sp³-hybridized carbons (Fsp3) is 0. The summed E-state index contributed by atoms with van der Waals surface area (Å²) in [5.74, 6) is 1.81. The van der Waals surface area contributed by atoms with Gasteiger partial charge in [0.15, 0.2) is 11.6 Å². The average Bonchev–Trinajstić information content (AvgIpc) is 4.15. The lowest BCUT2D eigenvalue weighted by molar-refractivity contribution is 0.954. The zero-order valence-electron chi connectivity index (χ0n) is 37.6. The second-order valence-electron chi connectivity index (χ2n) is 18.0. The smallest absolute Gasteiger partial charge is 0.238 e. The molecule has 0 saturated heterocycles. The van der Waals surface area contributed by atoms with Crippen molar-refractivity contribution in [1.29, 1.82) is 0 Å². The number of rotatable bonds is 6. The van der Waals surface area contributed by atoms with E-state index in [2.05, 4.69) is 218 Å². The van der Waals surface area contributed by atoms with E-state index in [1.807, 2.05) is 36.4 Å². The molecule has 0 aliphatic heterocycles. The van der Waals surface area contributed by atoms with Crippen LogP contribution in [0.2, 0.25) is 0 Å². The van der Waals surface area contributed by atoms with E-state index in [9.17, 15) is 0 Å². The van der Waals surface area contributed by atoms with Crippen LogP contribution in [0.15, 0.2) is 237 Å². The Balaban J connectivity index is 1.01. The van der Waals surface area contributed by atoms with Crippen LogP contribution in [-0.4, -0.2) is 33.2 Å². The van der Waals surface area contributed by atoms with E-state index in [0.717, 1.165) is 82.8 Å². The van der Waals surface area contributed by atoms with Crippen molar-refractivity contribution < 1.29 is 0 Å². The predicted molar refractivity (Wildman–Crippen MR) is 288 cm³/mol. The minimum absolute atomic E-state index is 0.569. The van der Waals surface area contributed by atoms with Gasteiger partial charge in [-0.25, -0.2) is 4.98 Å². The van der Waals surface area contributed by atoms with E-state index >= 15 is 0 Å². The zero-order valence-corrected chi connectivity index (χ0v) is 37.6. The highest BCUT2D eigenvalue weighted by atomic mass is 15.2. The number of para-hydroxylation sites is 5. The van der Waals surface area contributed by atoms with Crippen molar-refractivity contribution in [2.24, 2.45) is 0 Å². The molecule has 15 rings (SSSR count). The van der Waals surface area contributed by atoms with Crippen molar-refractivity contribution >= 4 is 87.2 Å². The van der Waals surface area contributed by atoms with Crippen LogP contribution in [0.5, 0.6) is 0 Å². The molecule has 0 radical (unpaired) electrons. The molecule has 10 aromatic carbocycles. The van der Waals surface area contributed by atoms with Crippen molar-refractivity contribution in [1.82, 2.24) is 33.2 Å². The molecule has 0 amide bonds. The third-order valence-corrected chi connectivity index (χ3v) is 14.2. The molecular formula is C63H39N7. The molecule has 0 fully saturated rings. The fourth-order valence-corrected chi connectivity index (χ4v) is 11.2. The molecule has 0 aliphatic rings. The predicted octanol–water partition coefficient (Wildman–Crippen LogP) is 15.6. The molecule has 0 bridgehead atoms. The molecule has 7 heteroatoms. The first-order chi connectivity index (χ1) is 34.7. The van der Waals surface area contributed by atoms with Crippen LogP contribution in [0.4, 0.5) is 0 Å². The van der Waals surface area contributed by atoms with Crippen molar-refractivity contribution in [2.45, 2.75) is 0 Å². The number of fused-ring (bicyclic) bond motifs is 13. The van der Waals surface area contributed by atoms with E-state index in [-0.39, 0.29) is 0 Å². The van der Waals surface area contributed by atoms with E-state index in [1.54, 1.807) is 0 Å². The normalized spacial score (nSPS) is 12.0. The Morgan fingerprint density at radius 3 is 1.29 bits per heavy atom. The van der Waals surface area contributed by atoms with Crippen molar-refractivity contribution in [3.05, 3.63) is 237 Å². The van der Waals surface area contributed by atoms with Crippen LogP contribution >= 0.6 is 0 Å². The van der Waals surface area contributed by atoms with Crippen molar-refractivity contribution in [3.63, 3.8) is 0 Å². The summed E-state index contributed by atoms with van der Waals surface area (Å²) in [6.07, 6.45) is 0. The number of nitrogens with zero attached hydrogens (tertiary/aromatic N) is 7. The summed E-state index contributed by atoms with van der Waals surface area (Å²) in [4.78, 5) is 15.5. The number of benzene rings is 10. The molecule has 326 valence electrons. The molecule has 0 spiro atoms. The fourth-order valence-electron chi connectivity index (χ4n) is 11.2. The highest BCUT2D eigenvalue weighted by molar-refractivity contribution is 6.26. The molecule has 0 N–H and O–H groups in total. The van der Waals surface area contributed by atoms with E-state index < -0.39 is 0 Å². The maximum atomic E-state index is 5.24. The Kier molecular flexibility index (Phi) is 8.23. The molecule has 0 saturated carbocycles. The van der Waals surface area contributed by atoms with E-state index in [0.29, 0.717) is 17.6 Å². The van der Waals surface area contributed by atoms with Crippen LogP contribution < -0.4 is 0 Å². The topological polar surface area (TPSA) is 58.4 Å². The Morgan fingerprint density at radius 1 is 0.243 bits per heavy atom. The molecule has 15 aromatic rings. The van der Waals surface area contributed by atoms with Gasteiger partial charge in [-0.3, -0.25) is 4.57 Å². The lowest BCUT2D eigenvalue weighted by Crippen LogP contribution is -2.06. The van der Waals surface area contributed by atoms with Gasteiger partial charge in [0, 0.05) is 71.3 Å². The number of aromatic nitrogens is 7. The van der Waals surface area contributed by atoms with Crippen molar-refractivity contribution in [3.8, 4) is 45.8 Å². The number of hydrogen-bond acceptors (Lipinski definition) is 3. The van der Waals surface area contributed by atoms with E-state index in [1.165, 1.54) is 32.6 Å². The second-order valence-corrected chi connectivity index (χ2v) is 18.0. The maximum Gasteiger partial charge on any atom is 0.238 e. The van der Waals surface area contributed by atoms with Gasteiger partial charge < -0.3 is 13.7 Å². The van der Waals surface area contributed by atoms with Gasteiger partial charge in [0.1, 0.15) is 0 Å². The Labute approximate surface area is 401 Å². The van der Waals surface area contributed by atoms with E-state index in [4.69, 9.17) is 15.0 Å². The van der Waals surface area contributed by atoms with Crippen LogP contribution in [-0.2, 0) is 0 Å². The van der Waals surface area contributed by atoms with Gasteiger partial charge in [0.2, 0.25) is 5.95 Å². The second kappa shape index (κ2) is 15.0. The summed E-state index contributed by atoms with van der Waals surface area (Å²) in [6, 6.07) is 84.5. The van der Waals surface area contributed by atoms with Gasteiger partial charge in [-0.05, 0) is 72.8 Å². The standard InChI is InChI=1S/C63H39N7/c1-5-19-40(20-6-1)61-64-62(41-21-7-2-8-22-41)66-63(65-61)70-53-31-17-14-28-46(53)50-38-57-51(39-58(50)70)47-34-33-44(37-56(47)67(57)42-23-9-3-10-24-42)68-54-32-18-15-29-49(54)59-55(68)36-35-48-45-27-13-16-30-52(45)69(60(48)59)43-25-11-4-12-26-43/h1-39H. The Hall–Kier alpha value is -9.59. The molecule has 7 nitrogen and oxygen atoms in total. The third-order valence-electron chi connectivity index (χ3n) is 14.2. The van der Waals surface area contributed by atoms with Gasteiger partial charge in [-0.15, -0.1) is 0 Å². The minimum Gasteiger partial charge on any atom is -0.309 e. The Morgan fingerprint density at radius 2 is 0.671 bits per heavy atom. The molecule has 5 aromatic heterocycles. The van der Waals surface area contributed by atoms with Crippen LogP contribution in [0.1, 0.15) is 0 Å². The van der Waals surface area contributed by atoms with Crippen LogP contribution in [0, 0.1) is 0 Å². The molecular weight excluding hydrogens is 855 g/mol. The van der Waals surface area contributed by atoms with Gasteiger partial charge in [0.05, 0.1) is 44.1 Å². The molecule has 0 unspecified atom stereocenters. The molecule has 5 heterocycles. The lowest BCUT2D eigenvalue weighted by Gasteiger charge is -2.12.